The van der Waals surface area contributed by atoms with E-state index in [0.29, 0.717) is 18.6 Å². The van der Waals surface area contributed by atoms with Crippen LogP contribution in [0.3, 0.4) is 0 Å². The van der Waals surface area contributed by atoms with Crippen LogP contribution in [-0.2, 0) is 23.8 Å². The van der Waals surface area contributed by atoms with E-state index in [4.69, 9.17) is 14.2 Å². The number of hydrogen-bond donors (Lipinski definition) is 2. The van der Waals surface area contributed by atoms with Gasteiger partial charge in [0.25, 0.3) is 0 Å². The average molecular weight is 338 g/mol. The Bertz CT molecular complexity index is 651. The Kier molecular flexibility index (Phi) is 3.15. The van der Waals surface area contributed by atoms with E-state index in [1.54, 1.807) is 13.0 Å². The van der Waals surface area contributed by atoms with Crippen molar-refractivity contribution in [3.63, 3.8) is 0 Å². The highest BCUT2D eigenvalue weighted by Crippen LogP contribution is 2.71. The standard InChI is InChI=1S/C17H22O7/c1-8-4-11-16(6-18,13(21)12(8)20)15(3)5-10(23-9(2)19)14(24-11)17(15)7-22-17/h4,10-11,13-14,18,21H,5-7H2,1-3H3/t10-,11+,13-,14-,15-,16-,17+/m1/s1. The van der Waals surface area contributed by atoms with Gasteiger partial charge in [0, 0.05) is 12.3 Å². The molecule has 3 fully saturated rings. The summed E-state index contributed by atoms with van der Waals surface area (Å²) in [5, 5.41) is 21.1. The highest BCUT2D eigenvalue weighted by Gasteiger charge is 2.83. The molecule has 0 unspecified atom stereocenters. The lowest BCUT2D eigenvalue weighted by Gasteiger charge is -2.58. The molecule has 4 aliphatic rings. The third-order valence-corrected chi connectivity index (χ3v) is 6.73. The van der Waals surface area contributed by atoms with Crippen LogP contribution in [0.2, 0.25) is 0 Å². The maximum atomic E-state index is 12.4. The van der Waals surface area contributed by atoms with E-state index in [2.05, 4.69) is 0 Å². The van der Waals surface area contributed by atoms with E-state index in [1.807, 2.05) is 6.92 Å². The quantitative estimate of drug-likeness (QED) is 0.527. The average Bonchev–Trinajstić information content (AvgIpc) is 3.27. The van der Waals surface area contributed by atoms with Gasteiger partial charge >= 0.3 is 5.97 Å². The zero-order chi connectivity index (χ0) is 17.5. The van der Waals surface area contributed by atoms with E-state index >= 15 is 0 Å². The van der Waals surface area contributed by atoms with Crippen molar-refractivity contribution in [1.29, 1.82) is 0 Å². The van der Waals surface area contributed by atoms with Crippen molar-refractivity contribution in [2.45, 2.75) is 57.2 Å². The fraction of sp³-hybridized carbons (Fsp3) is 0.765. The molecule has 0 amide bonds. The van der Waals surface area contributed by atoms with Gasteiger partial charge in [-0.2, -0.15) is 0 Å². The largest absolute Gasteiger partial charge is 0.460 e. The molecule has 4 rings (SSSR count). The molecule has 2 aliphatic heterocycles. The van der Waals surface area contributed by atoms with E-state index in [-0.39, 0.29) is 0 Å². The lowest BCUT2D eigenvalue weighted by atomic mass is 9.50. The number of carbonyl (C=O) groups is 2. The Morgan fingerprint density at radius 1 is 1.50 bits per heavy atom. The van der Waals surface area contributed by atoms with Crippen molar-refractivity contribution < 1.29 is 34.0 Å². The molecule has 0 radical (unpaired) electrons. The molecule has 1 spiro atoms. The summed E-state index contributed by atoms with van der Waals surface area (Å²) in [6, 6.07) is 0. The molecule has 0 aromatic carbocycles. The second kappa shape index (κ2) is 4.66. The zero-order valence-electron chi connectivity index (χ0n) is 13.9. The van der Waals surface area contributed by atoms with Crippen molar-refractivity contribution in [3.05, 3.63) is 11.6 Å². The minimum Gasteiger partial charge on any atom is -0.460 e. The first-order chi connectivity index (χ1) is 11.2. The summed E-state index contributed by atoms with van der Waals surface area (Å²) >= 11 is 0. The molecular formula is C17H22O7. The van der Waals surface area contributed by atoms with Crippen molar-refractivity contribution in [2.24, 2.45) is 10.8 Å². The molecule has 7 heteroatoms. The Morgan fingerprint density at radius 3 is 2.71 bits per heavy atom. The monoisotopic (exact) mass is 338 g/mol. The van der Waals surface area contributed by atoms with Gasteiger partial charge in [0.2, 0.25) is 0 Å². The maximum Gasteiger partial charge on any atom is 0.302 e. The van der Waals surface area contributed by atoms with Gasteiger partial charge in [-0.05, 0) is 25.0 Å². The fourth-order valence-corrected chi connectivity index (χ4v) is 5.30. The number of fused-ring (bicyclic) bond motifs is 2. The Morgan fingerprint density at radius 2 is 2.17 bits per heavy atom. The molecule has 7 nitrogen and oxygen atoms in total. The molecule has 2 N–H and O–H groups in total. The molecule has 2 aliphatic carbocycles. The number of Topliss-reactive ketones (excluding diaryl/α,β-unsaturated/α-hetero) is 1. The Balaban J connectivity index is 1.87. The normalized spacial score (nSPS) is 52.0. The SMILES string of the molecule is CC(=O)O[C@@H]1C[C@]2(C)[C@]3(CO)[C@H](C=C(C)C(=O)[C@H]3O)O[C@H]1[C@@]21CO1. The first kappa shape index (κ1) is 16.2. The summed E-state index contributed by atoms with van der Waals surface area (Å²) in [5.41, 5.74) is -2.30. The van der Waals surface area contributed by atoms with Crippen molar-refractivity contribution in [3.8, 4) is 0 Å². The molecule has 0 aromatic rings. The zero-order valence-corrected chi connectivity index (χ0v) is 13.9. The number of epoxide rings is 1. The van der Waals surface area contributed by atoms with Crippen LogP contribution < -0.4 is 0 Å². The number of aliphatic hydroxyl groups is 2. The van der Waals surface area contributed by atoms with Gasteiger partial charge in [0.05, 0.1) is 24.7 Å². The van der Waals surface area contributed by atoms with Gasteiger partial charge in [-0.3, -0.25) is 9.59 Å². The van der Waals surface area contributed by atoms with E-state index in [9.17, 15) is 19.8 Å². The highest BCUT2D eigenvalue weighted by molar-refractivity contribution is 6.00. The van der Waals surface area contributed by atoms with Crippen molar-refractivity contribution in [2.75, 3.05) is 13.2 Å². The lowest BCUT2D eigenvalue weighted by molar-refractivity contribution is -0.244. The topological polar surface area (TPSA) is 106 Å². The van der Waals surface area contributed by atoms with Crippen LogP contribution in [0, 0.1) is 10.8 Å². The molecule has 2 heterocycles. The van der Waals surface area contributed by atoms with Crippen molar-refractivity contribution >= 4 is 11.8 Å². The minimum absolute atomic E-state index is 0.367. The number of hydrogen-bond acceptors (Lipinski definition) is 7. The van der Waals surface area contributed by atoms with Gasteiger partial charge in [0.1, 0.15) is 23.9 Å². The Hall–Kier alpha value is -1.28. The number of esters is 1. The van der Waals surface area contributed by atoms with Crippen LogP contribution in [0.4, 0.5) is 0 Å². The summed E-state index contributed by atoms with van der Waals surface area (Å²) in [5.74, 6) is -0.824. The molecule has 24 heavy (non-hydrogen) atoms. The molecule has 2 saturated heterocycles. The summed E-state index contributed by atoms with van der Waals surface area (Å²) in [4.78, 5) is 23.9. The number of ketones is 1. The molecule has 1 saturated carbocycles. The third-order valence-electron chi connectivity index (χ3n) is 6.73. The van der Waals surface area contributed by atoms with Gasteiger partial charge in [-0.1, -0.05) is 6.92 Å². The first-order valence-electron chi connectivity index (χ1n) is 8.22. The van der Waals surface area contributed by atoms with Crippen LogP contribution in [-0.4, -0.2) is 65.2 Å². The van der Waals surface area contributed by atoms with Crippen LogP contribution in [0.1, 0.15) is 27.2 Å². The van der Waals surface area contributed by atoms with Gasteiger partial charge < -0.3 is 24.4 Å². The maximum absolute atomic E-state index is 12.4. The fourth-order valence-electron chi connectivity index (χ4n) is 5.30. The molecule has 132 valence electrons. The van der Waals surface area contributed by atoms with Crippen LogP contribution in [0.15, 0.2) is 11.6 Å². The van der Waals surface area contributed by atoms with Gasteiger partial charge in [-0.25, -0.2) is 0 Å². The molecular weight excluding hydrogens is 316 g/mol. The van der Waals surface area contributed by atoms with Crippen LogP contribution in [0.5, 0.6) is 0 Å². The summed E-state index contributed by atoms with van der Waals surface area (Å²) in [7, 11) is 0. The summed E-state index contributed by atoms with van der Waals surface area (Å²) in [6.07, 6.45) is -0.991. The van der Waals surface area contributed by atoms with E-state index < -0.39 is 59.2 Å². The van der Waals surface area contributed by atoms with E-state index in [0.717, 1.165) is 0 Å². The van der Waals surface area contributed by atoms with Gasteiger partial charge in [0.15, 0.2) is 5.78 Å². The second-order valence-electron chi connectivity index (χ2n) is 7.65. The number of ether oxygens (including phenoxy) is 3. The summed E-state index contributed by atoms with van der Waals surface area (Å²) in [6.45, 7) is 4.83. The Labute approximate surface area is 139 Å². The minimum atomic E-state index is -1.39. The van der Waals surface area contributed by atoms with Crippen molar-refractivity contribution in [1.82, 2.24) is 0 Å². The van der Waals surface area contributed by atoms with E-state index in [1.165, 1.54) is 6.92 Å². The summed E-state index contributed by atoms with van der Waals surface area (Å²) < 4.78 is 17.4. The van der Waals surface area contributed by atoms with Crippen LogP contribution in [0.25, 0.3) is 0 Å². The smallest absolute Gasteiger partial charge is 0.302 e. The lowest BCUT2D eigenvalue weighted by Crippen LogP contribution is -2.70. The number of carbonyl (C=O) groups excluding carboxylic acids is 2. The number of rotatable bonds is 2. The predicted molar refractivity (Wildman–Crippen MR) is 79.9 cm³/mol. The number of aliphatic hydroxyl groups excluding tert-OH is 2. The molecule has 2 bridgehead atoms. The van der Waals surface area contributed by atoms with Crippen LogP contribution >= 0.6 is 0 Å². The second-order valence-corrected chi connectivity index (χ2v) is 7.65. The highest BCUT2D eigenvalue weighted by atomic mass is 16.7. The molecule has 0 aromatic heterocycles. The third kappa shape index (κ3) is 1.57. The molecule has 7 atom stereocenters. The van der Waals surface area contributed by atoms with Gasteiger partial charge in [-0.15, -0.1) is 0 Å². The predicted octanol–water partition coefficient (Wildman–Crippen LogP) is -0.267. The first-order valence-corrected chi connectivity index (χ1v) is 8.22.